The van der Waals surface area contributed by atoms with Crippen molar-refractivity contribution in [3.05, 3.63) is 152 Å². The summed E-state index contributed by atoms with van der Waals surface area (Å²) in [5.41, 5.74) is 2.58. The third kappa shape index (κ3) is 5.82. The zero-order valence-corrected chi connectivity index (χ0v) is 21.9. The Morgan fingerprint density at radius 2 is 0.952 bits per heavy atom. The average molecular weight is 569 g/mol. The molecule has 6 atom stereocenters. The first-order valence-corrected chi connectivity index (χ1v) is 13.2. The van der Waals surface area contributed by atoms with Gasteiger partial charge in [-0.1, -0.05) is 60.7 Å². The topological polar surface area (TPSA) is 147 Å². The molecule has 11 heteroatoms. The molecule has 0 bridgehead atoms. The summed E-state index contributed by atoms with van der Waals surface area (Å²) in [5, 5.41) is 22.4. The van der Waals surface area contributed by atoms with Gasteiger partial charge in [-0.15, -0.1) is 0 Å². The van der Waals surface area contributed by atoms with E-state index < -0.39 is 40.4 Å². The van der Waals surface area contributed by atoms with Crippen LogP contribution in [0.1, 0.15) is 46.7 Å². The number of hydrogen-bond acceptors (Lipinski definition) is 9. The Balaban J connectivity index is 1.24. The van der Waals surface area contributed by atoms with E-state index in [0.29, 0.717) is 11.1 Å². The second kappa shape index (κ2) is 11.4. The molecule has 0 saturated carbocycles. The molecular weight excluding hydrogens is 544 g/mol. The average Bonchev–Trinajstić information content (AvgIpc) is 3.95. The van der Waals surface area contributed by atoms with Gasteiger partial charge in [0.15, 0.2) is 12.2 Å². The largest absolute Gasteiger partial charge is 0.509 e. The normalized spacial score (nSPS) is 21.9. The Kier molecular flexibility index (Phi) is 7.34. The van der Waals surface area contributed by atoms with Crippen molar-refractivity contribution >= 4 is 17.5 Å². The van der Waals surface area contributed by atoms with Gasteiger partial charge in [0.2, 0.25) is 0 Å². The molecule has 42 heavy (non-hydrogen) atoms. The minimum Gasteiger partial charge on any atom is -0.423 e. The van der Waals surface area contributed by atoms with Crippen LogP contribution >= 0.6 is 0 Å². The first-order valence-electron chi connectivity index (χ1n) is 13.2. The molecule has 0 aliphatic carbocycles. The number of carbonyl (C=O) groups excluding carboxylic acids is 1. The van der Waals surface area contributed by atoms with Crippen LogP contribution in [0.4, 0.5) is 16.2 Å². The highest BCUT2D eigenvalue weighted by molar-refractivity contribution is 5.61. The predicted octanol–water partition coefficient (Wildman–Crippen LogP) is 6.72. The number of nitro benzene ring substituents is 2. The molecular formula is C31H24N2O9. The fraction of sp³-hybridized carbons (Fsp3) is 0.194. The lowest BCUT2D eigenvalue weighted by Crippen LogP contribution is -2.22. The number of nitrogens with zero attached hydrogens (tertiary/aromatic N) is 2. The van der Waals surface area contributed by atoms with E-state index in [4.69, 9.17) is 18.9 Å². The van der Waals surface area contributed by atoms with E-state index in [9.17, 15) is 25.0 Å². The number of carbonyl (C=O) groups is 1. The lowest BCUT2D eigenvalue weighted by atomic mass is 10.0. The highest BCUT2D eigenvalue weighted by Gasteiger charge is 2.51. The Morgan fingerprint density at radius 3 is 1.29 bits per heavy atom. The molecule has 212 valence electrons. The molecule has 0 amide bonds. The van der Waals surface area contributed by atoms with Gasteiger partial charge in [-0.2, -0.15) is 0 Å². The van der Waals surface area contributed by atoms with Crippen molar-refractivity contribution in [2.75, 3.05) is 0 Å². The van der Waals surface area contributed by atoms with Crippen LogP contribution in [-0.2, 0) is 18.9 Å². The molecule has 2 aliphatic rings. The van der Waals surface area contributed by atoms with Crippen molar-refractivity contribution in [3.8, 4) is 0 Å². The van der Waals surface area contributed by atoms with Gasteiger partial charge in [-0.05, 0) is 46.5 Å². The van der Waals surface area contributed by atoms with Gasteiger partial charge in [0.25, 0.3) is 11.4 Å². The van der Waals surface area contributed by atoms with E-state index in [-0.39, 0.29) is 23.6 Å². The fourth-order valence-corrected chi connectivity index (χ4v) is 4.99. The van der Waals surface area contributed by atoms with E-state index in [1.807, 2.05) is 60.7 Å². The summed E-state index contributed by atoms with van der Waals surface area (Å²) in [6.07, 6.45) is -4.65. The molecule has 0 aromatic heterocycles. The summed E-state index contributed by atoms with van der Waals surface area (Å²) < 4.78 is 23.5. The second-order valence-corrected chi connectivity index (χ2v) is 9.89. The number of non-ortho nitro benzene ring substituents is 2. The minimum atomic E-state index is -1.01. The fourth-order valence-electron chi connectivity index (χ4n) is 4.99. The molecule has 6 rings (SSSR count). The molecule has 4 aromatic rings. The van der Waals surface area contributed by atoms with Crippen LogP contribution in [0.25, 0.3) is 0 Å². The van der Waals surface area contributed by atoms with Crippen molar-refractivity contribution in [1.29, 1.82) is 0 Å². The van der Waals surface area contributed by atoms with Crippen LogP contribution in [0.5, 0.6) is 0 Å². The SMILES string of the molecule is O=C(OC(c1ccc([N+](=O)[O-])cc1)C1OC1c1ccccc1)OC(c1ccc([N+](=O)[O-])cc1)C1OC1c1ccccc1. The van der Waals surface area contributed by atoms with Gasteiger partial charge < -0.3 is 18.9 Å². The number of benzene rings is 4. The molecule has 2 fully saturated rings. The first-order chi connectivity index (χ1) is 20.4. The van der Waals surface area contributed by atoms with Gasteiger partial charge in [-0.25, -0.2) is 4.79 Å². The number of epoxide rings is 2. The quantitative estimate of drug-likeness (QED) is 0.0880. The highest BCUT2D eigenvalue weighted by atomic mass is 16.8. The van der Waals surface area contributed by atoms with Crippen LogP contribution in [-0.4, -0.2) is 28.2 Å². The Bertz CT molecular complexity index is 1460. The smallest absolute Gasteiger partial charge is 0.423 e. The third-order valence-electron chi connectivity index (χ3n) is 7.22. The van der Waals surface area contributed by atoms with Crippen LogP contribution in [0.2, 0.25) is 0 Å². The zero-order valence-electron chi connectivity index (χ0n) is 21.9. The van der Waals surface area contributed by atoms with Crippen molar-refractivity contribution < 1.29 is 33.6 Å². The van der Waals surface area contributed by atoms with E-state index in [1.54, 1.807) is 0 Å². The molecule has 4 aromatic carbocycles. The minimum absolute atomic E-state index is 0.104. The summed E-state index contributed by atoms with van der Waals surface area (Å²) >= 11 is 0. The van der Waals surface area contributed by atoms with Gasteiger partial charge in [0.1, 0.15) is 24.4 Å². The van der Waals surface area contributed by atoms with E-state index in [2.05, 4.69) is 0 Å². The number of ether oxygens (including phenoxy) is 4. The van der Waals surface area contributed by atoms with Crippen LogP contribution < -0.4 is 0 Å². The van der Waals surface area contributed by atoms with Crippen LogP contribution in [0.15, 0.2) is 109 Å². The molecule has 2 saturated heterocycles. The van der Waals surface area contributed by atoms with E-state index in [1.165, 1.54) is 48.5 Å². The molecule has 0 radical (unpaired) electrons. The maximum absolute atomic E-state index is 13.3. The Hall–Kier alpha value is -5.13. The van der Waals surface area contributed by atoms with E-state index >= 15 is 0 Å². The van der Waals surface area contributed by atoms with Gasteiger partial charge in [0.05, 0.1) is 9.85 Å². The maximum atomic E-state index is 13.3. The lowest BCUT2D eigenvalue weighted by Gasteiger charge is -2.20. The van der Waals surface area contributed by atoms with Gasteiger partial charge in [0, 0.05) is 24.3 Å². The molecule has 11 nitrogen and oxygen atoms in total. The molecule has 2 aliphatic heterocycles. The maximum Gasteiger partial charge on any atom is 0.509 e. The summed E-state index contributed by atoms with van der Waals surface area (Å²) in [5.74, 6) is 0. The molecule has 0 N–H and O–H groups in total. The van der Waals surface area contributed by atoms with Crippen molar-refractivity contribution in [2.45, 2.75) is 36.6 Å². The van der Waals surface area contributed by atoms with Crippen molar-refractivity contribution in [3.63, 3.8) is 0 Å². The Labute approximate surface area is 239 Å². The lowest BCUT2D eigenvalue weighted by molar-refractivity contribution is -0.385. The first kappa shape index (κ1) is 27.1. The predicted molar refractivity (Wildman–Crippen MR) is 147 cm³/mol. The standard InChI is InChI=1S/C31H24N2O9/c34-31(41-27(21-11-15-23(16-12-21)32(35)36)29-25(39-29)19-7-3-1-4-8-19)42-28(22-13-17-24(18-14-22)33(37)38)30-26(40-30)20-9-5-2-6-10-20/h1-18,25-30H. The summed E-state index contributed by atoms with van der Waals surface area (Å²) in [6, 6.07) is 30.2. The third-order valence-corrected chi connectivity index (χ3v) is 7.22. The van der Waals surface area contributed by atoms with Crippen LogP contribution in [0.3, 0.4) is 0 Å². The number of rotatable bonds is 10. The summed E-state index contributed by atoms with van der Waals surface area (Å²) in [7, 11) is 0. The molecule has 6 unspecified atom stereocenters. The second-order valence-electron chi connectivity index (χ2n) is 9.89. The highest BCUT2D eigenvalue weighted by Crippen LogP contribution is 2.50. The van der Waals surface area contributed by atoms with E-state index in [0.717, 1.165) is 11.1 Å². The summed E-state index contributed by atoms with van der Waals surface area (Å²) in [6.45, 7) is 0. The monoisotopic (exact) mass is 568 g/mol. The number of hydrogen-bond donors (Lipinski definition) is 0. The molecule has 0 spiro atoms. The molecule has 2 heterocycles. The number of nitro groups is 2. The summed E-state index contributed by atoms with van der Waals surface area (Å²) in [4.78, 5) is 34.7. The zero-order chi connectivity index (χ0) is 29.2. The van der Waals surface area contributed by atoms with Crippen LogP contribution in [0, 0.1) is 20.2 Å². The van der Waals surface area contributed by atoms with Gasteiger partial charge >= 0.3 is 6.16 Å². The van der Waals surface area contributed by atoms with Crippen molar-refractivity contribution in [1.82, 2.24) is 0 Å². The Morgan fingerprint density at radius 1 is 0.595 bits per heavy atom. The van der Waals surface area contributed by atoms with Crippen molar-refractivity contribution in [2.24, 2.45) is 0 Å². The van der Waals surface area contributed by atoms with Gasteiger partial charge in [-0.3, -0.25) is 20.2 Å².